The van der Waals surface area contributed by atoms with Gasteiger partial charge in [0.1, 0.15) is 11.6 Å². The van der Waals surface area contributed by atoms with Gasteiger partial charge in [0.25, 0.3) is 0 Å². The van der Waals surface area contributed by atoms with Crippen molar-refractivity contribution >= 4 is 39.9 Å². The minimum Gasteiger partial charge on any atom is -0.368 e. The monoisotopic (exact) mass is 504 g/mol. The van der Waals surface area contributed by atoms with E-state index in [0.29, 0.717) is 13.1 Å². The first kappa shape index (κ1) is 24.5. The number of allylic oxidation sites excluding steroid dienone is 2. The molecule has 1 amide bonds. The smallest absolute Gasteiger partial charge is 0.219 e. The number of benzene rings is 2. The quantitative estimate of drug-likeness (QED) is 0.485. The van der Waals surface area contributed by atoms with Crippen LogP contribution in [0, 0.1) is 0 Å². The zero-order valence-corrected chi connectivity index (χ0v) is 21.5. The summed E-state index contributed by atoms with van der Waals surface area (Å²) in [5.74, 6) is 1.77. The zero-order chi connectivity index (χ0) is 25.1. The number of anilines is 2. The largest absolute Gasteiger partial charge is 0.368 e. The second kappa shape index (κ2) is 10.4. The van der Waals surface area contributed by atoms with Gasteiger partial charge in [-0.1, -0.05) is 35.9 Å². The molecule has 1 atom stereocenters. The molecule has 1 aromatic heterocycles. The second-order valence-corrected chi connectivity index (χ2v) is 10.0. The summed E-state index contributed by atoms with van der Waals surface area (Å²) in [6, 6.07) is 14.5. The first-order valence-corrected chi connectivity index (χ1v) is 13.1. The molecule has 3 aromatic rings. The number of nitrogens with one attached hydrogen (secondary N) is 1. The molecule has 0 spiro atoms. The van der Waals surface area contributed by atoms with Crippen LogP contribution in [0.4, 0.5) is 11.5 Å². The highest BCUT2D eigenvalue weighted by molar-refractivity contribution is 6.30. The number of nitrogens with two attached hydrogens (primary N) is 1. The average Bonchev–Trinajstić information content (AvgIpc) is 2.92. The number of hydrogen-bond donors (Lipinski definition) is 2. The Morgan fingerprint density at radius 1 is 1.08 bits per heavy atom. The molecule has 5 rings (SSSR count). The van der Waals surface area contributed by atoms with Crippen molar-refractivity contribution < 1.29 is 4.79 Å². The summed E-state index contributed by atoms with van der Waals surface area (Å²) in [4.78, 5) is 26.3. The van der Waals surface area contributed by atoms with E-state index in [4.69, 9.17) is 27.3 Å². The second-order valence-electron chi connectivity index (χ2n) is 9.61. The number of piperazine rings is 1. The van der Waals surface area contributed by atoms with Crippen LogP contribution in [-0.2, 0) is 10.2 Å². The predicted octanol–water partition coefficient (Wildman–Crippen LogP) is 4.35. The van der Waals surface area contributed by atoms with Gasteiger partial charge in [-0.2, -0.15) is 0 Å². The van der Waals surface area contributed by atoms with Crippen LogP contribution in [0.3, 0.4) is 0 Å². The molecule has 2 aliphatic rings. The van der Waals surface area contributed by atoms with Crippen LogP contribution in [-0.4, -0.2) is 60.0 Å². The van der Waals surface area contributed by atoms with Crippen LogP contribution in [0.1, 0.15) is 37.6 Å². The molecule has 3 N–H and O–H groups in total. The maximum atomic E-state index is 11.8. The van der Waals surface area contributed by atoms with E-state index < -0.39 is 0 Å². The van der Waals surface area contributed by atoms with Crippen molar-refractivity contribution in [1.82, 2.24) is 14.9 Å². The number of carbonyl (C=O) groups is 1. The van der Waals surface area contributed by atoms with E-state index in [1.807, 2.05) is 17.0 Å². The van der Waals surface area contributed by atoms with Gasteiger partial charge in [0.05, 0.1) is 10.9 Å². The van der Waals surface area contributed by atoms with Gasteiger partial charge in [-0.3, -0.25) is 4.79 Å². The Morgan fingerprint density at radius 2 is 1.86 bits per heavy atom. The molecular formula is C28H33ClN6O. The van der Waals surface area contributed by atoms with Crippen molar-refractivity contribution in [2.45, 2.75) is 31.6 Å². The number of nitrogens with zero attached hydrogens (tertiary/aromatic N) is 4. The molecule has 1 aliphatic heterocycles. The van der Waals surface area contributed by atoms with Crippen LogP contribution in [0.25, 0.3) is 10.9 Å². The van der Waals surface area contributed by atoms with Gasteiger partial charge >= 0.3 is 0 Å². The first-order valence-electron chi connectivity index (χ1n) is 12.7. The molecule has 188 valence electrons. The minimum atomic E-state index is -0.324. The van der Waals surface area contributed by atoms with Crippen LogP contribution in [0.5, 0.6) is 0 Å². The van der Waals surface area contributed by atoms with Crippen molar-refractivity contribution in [2.24, 2.45) is 5.73 Å². The Bertz CT molecular complexity index is 1270. The van der Waals surface area contributed by atoms with E-state index in [2.05, 4.69) is 52.7 Å². The first-order chi connectivity index (χ1) is 17.5. The molecule has 0 radical (unpaired) electrons. The molecule has 36 heavy (non-hydrogen) atoms. The van der Waals surface area contributed by atoms with Gasteiger partial charge in [-0.25, -0.2) is 9.97 Å². The molecule has 7 nitrogen and oxygen atoms in total. The molecule has 8 heteroatoms. The molecule has 0 saturated carbocycles. The Kier molecular flexibility index (Phi) is 7.12. The fourth-order valence-corrected chi connectivity index (χ4v) is 5.46. The van der Waals surface area contributed by atoms with E-state index in [-0.39, 0.29) is 11.3 Å². The fraction of sp³-hybridized carbons (Fsp3) is 0.393. The summed E-state index contributed by atoms with van der Waals surface area (Å²) >= 11 is 6.23. The van der Waals surface area contributed by atoms with Crippen LogP contribution in [0.2, 0.25) is 5.02 Å². The molecular weight excluding hydrogens is 472 g/mol. The maximum Gasteiger partial charge on any atom is 0.219 e. The van der Waals surface area contributed by atoms with E-state index in [1.165, 1.54) is 5.56 Å². The SMILES string of the molecule is CC(=O)N1CCN(c2ccc3c(NCCN)nc([C@@]4(c5ccc(Cl)cc5)CC=CCC4)nc3c2)CC1. The number of carbonyl (C=O) groups excluding carboxylic acids is 1. The van der Waals surface area contributed by atoms with Crippen molar-refractivity contribution in [3.63, 3.8) is 0 Å². The number of hydrogen-bond acceptors (Lipinski definition) is 6. The predicted molar refractivity (Wildman–Crippen MR) is 147 cm³/mol. The number of rotatable bonds is 6. The van der Waals surface area contributed by atoms with Gasteiger partial charge in [-0.05, 0) is 55.2 Å². The highest BCUT2D eigenvalue weighted by atomic mass is 35.5. The van der Waals surface area contributed by atoms with Gasteiger partial charge in [0.2, 0.25) is 5.91 Å². The summed E-state index contributed by atoms with van der Waals surface area (Å²) in [7, 11) is 0. The Balaban J connectivity index is 1.59. The van der Waals surface area contributed by atoms with E-state index in [1.54, 1.807) is 6.92 Å². The van der Waals surface area contributed by atoms with E-state index in [0.717, 1.165) is 78.7 Å². The Hall–Kier alpha value is -3.16. The molecule has 1 aliphatic carbocycles. The molecule has 0 unspecified atom stereocenters. The molecule has 2 heterocycles. The highest BCUT2D eigenvalue weighted by Gasteiger charge is 2.38. The maximum absolute atomic E-state index is 11.8. The van der Waals surface area contributed by atoms with Gasteiger partial charge < -0.3 is 20.9 Å². The minimum absolute atomic E-state index is 0.134. The van der Waals surface area contributed by atoms with E-state index in [9.17, 15) is 4.79 Å². The lowest BCUT2D eigenvalue weighted by Crippen LogP contribution is -2.48. The lowest BCUT2D eigenvalue weighted by Gasteiger charge is -2.36. The van der Waals surface area contributed by atoms with Crippen molar-refractivity contribution in [3.05, 3.63) is 71.0 Å². The molecule has 1 fully saturated rings. The van der Waals surface area contributed by atoms with Crippen molar-refractivity contribution in [1.29, 1.82) is 0 Å². The normalized spacial score (nSPS) is 20.1. The average molecular weight is 505 g/mol. The fourth-order valence-electron chi connectivity index (χ4n) is 5.33. The number of aromatic nitrogens is 2. The third kappa shape index (κ3) is 4.77. The van der Waals surface area contributed by atoms with Crippen molar-refractivity contribution in [2.75, 3.05) is 49.5 Å². The lowest BCUT2D eigenvalue weighted by atomic mass is 9.71. The van der Waals surface area contributed by atoms with Gasteiger partial charge in [0, 0.05) is 62.3 Å². The molecule has 1 saturated heterocycles. The Labute approximate surface area is 217 Å². The van der Waals surface area contributed by atoms with E-state index >= 15 is 0 Å². The molecule has 2 aromatic carbocycles. The number of fused-ring (bicyclic) bond motifs is 1. The Morgan fingerprint density at radius 3 is 2.53 bits per heavy atom. The zero-order valence-electron chi connectivity index (χ0n) is 20.7. The van der Waals surface area contributed by atoms with Gasteiger partial charge in [-0.15, -0.1) is 0 Å². The topological polar surface area (TPSA) is 87.4 Å². The number of amides is 1. The summed E-state index contributed by atoms with van der Waals surface area (Å²) in [5.41, 5.74) is 8.70. The highest BCUT2D eigenvalue weighted by Crippen LogP contribution is 2.42. The molecule has 0 bridgehead atoms. The summed E-state index contributed by atoms with van der Waals surface area (Å²) in [6.45, 7) is 5.87. The van der Waals surface area contributed by atoms with Crippen LogP contribution in [0.15, 0.2) is 54.6 Å². The summed E-state index contributed by atoms with van der Waals surface area (Å²) in [5, 5.41) is 5.14. The van der Waals surface area contributed by atoms with Crippen LogP contribution < -0.4 is 16.0 Å². The van der Waals surface area contributed by atoms with Gasteiger partial charge in [0.15, 0.2) is 0 Å². The lowest BCUT2D eigenvalue weighted by molar-refractivity contribution is -0.129. The third-order valence-electron chi connectivity index (χ3n) is 7.40. The standard InChI is InChI=1S/C28H33ClN6O/c1-20(36)34-15-17-35(18-16-34)23-9-10-24-25(19-23)32-27(33-26(24)31-14-13-30)28(11-3-2-4-12-28)21-5-7-22(29)8-6-21/h2-3,5-10,19H,4,11-18,30H2,1H3,(H,31,32,33)/t28-/m0/s1. The third-order valence-corrected chi connectivity index (χ3v) is 7.65. The van der Waals surface area contributed by atoms with Crippen molar-refractivity contribution in [3.8, 4) is 0 Å². The summed E-state index contributed by atoms with van der Waals surface area (Å²) < 4.78 is 0. The van der Waals surface area contributed by atoms with Crippen LogP contribution >= 0.6 is 11.6 Å². The number of halogens is 1. The summed E-state index contributed by atoms with van der Waals surface area (Å²) in [6.07, 6.45) is 7.21.